The van der Waals surface area contributed by atoms with Crippen LogP contribution in [0.3, 0.4) is 0 Å². The number of Topliss-reactive ketones (excluding diaryl/α,β-unsaturated/α-hetero) is 1. The van der Waals surface area contributed by atoms with Crippen molar-refractivity contribution in [1.82, 2.24) is 0 Å². The molecule has 5 rings (SSSR count). The number of rotatable bonds is 8. The number of aliphatic hydroxyl groups excluding tert-OH is 1. The predicted molar refractivity (Wildman–Crippen MR) is 174 cm³/mol. The summed E-state index contributed by atoms with van der Waals surface area (Å²) in [6, 6.07) is 0. The lowest BCUT2D eigenvalue weighted by Crippen LogP contribution is -2.66. The van der Waals surface area contributed by atoms with Crippen molar-refractivity contribution in [2.45, 2.75) is 145 Å². The molecule has 5 aliphatic carbocycles. The van der Waals surface area contributed by atoms with Crippen molar-refractivity contribution in [2.24, 2.45) is 68.5 Å². The summed E-state index contributed by atoms with van der Waals surface area (Å²) in [6.45, 7) is 25.7. The highest BCUT2D eigenvalue weighted by molar-refractivity contribution is 5.82. The molecule has 1 N–H and O–H groups in total. The third-order valence-corrected chi connectivity index (χ3v) is 15.3. The zero-order chi connectivity index (χ0) is 31.8. The number of carbonyl (C=O) groups excluding carboxylic acids is 2. The van der Waals surface area contributed by atoms with Gasteiger partial charge < -0.3 is 14.6 Å². The minimum atomic E-state index is -0.330. The molecule has 244 valence electrons. The fraction of sp³-hybridized carbons (Fsp3) is 0.897. The summed E-state index contributed by atoms with van der Waals surface area (Å²) in [5.74, 6) is 2.79. The third kappa shape index (κ3) is 5.11. The van der Waals surface area contributed by atoms with E-state index < -0.39 is 0 Å². The molecule has 4 nitrogen and oxygen atoms in total. The second-order valence-corrected chi connectivity index (χ2v) is 18.3. The fourth-order valence-electron chi connectivity index (χ4n) is 13.0. The molecule has 5 saturated carbocycles. The van der Waals surface area contributed by atoms with Crippen molar-refractivity contribution in [3.05, 3.63) is 12.2 Å². The number of ketones is 1. The van der Waals surface area contributed by atoms with E-state index in [1.54, 1.807) is 6.92 Å². The smallest absolute Gasteiger partial charge is 0.309 e. The van der Waals surface area contributed by atoms with Crippen LogP contribution in [0.25, 0.3) is 0 Å². The number of ether oxygens (including phenoxy) is 1. The number of hydrogen-bond acceptors (Lipinski definition) is 4. The van der Waals surface area contributed by atoms with Crippen LogP contribution in [0.4, 0.5) is 0 Å². The Morgan fingerprint density at radius 2 is 1.56 bits per heavy atom. The Morgan fingerprint density at radius 1 is 0.860 bits per heavy atom. The second kappa shape index (κ2) is 11.3. The van der Waals surface area contributed by atoms with Crippen LogP contribution >= 0.6 is 0 Å². The molecule has 5 fully saturated rings. The molecule has 0 aromatic rings. The first kappa shape index (κ1) is 33.2. The van der Waals surface area contributed by atoms with Crippen LogP contribution in [-0.2, 0) is 14.3 Å². The maximum atomic E-state index is 13.5. The molecule has 5 aliphatic rings. The molecule has 0 bridgehead atoms. The number of carbonyl (C=O) groups is 2. The van der Waals surface area contributed by atoms with Gasteiger partial charge in [-0.05, 0) is 142 Å². The molecule has 0 heterocycles. The molecule has 0 radical (unpaired) electrons. The SMILES string of the molecule is C=C(C)[C@@H]1CC[C@]2(COC(=O)C(CC(C)=O)CC(C)C)CC[C@]3(C)C(CC[C@@H]4[C@@]5(C)CC[C@H](O)C(C)(C)[C@@H]5CC[C@]43C)[C@@H]12. The maximum absolute atomic E-state index is 13.5. The van der Waals surface area contributed by atoms with E-state index in [0.29, 0.717) is 48.5 Å². The molecule has 0 aromatic heterocycles. The van der Waals surface area contributed by atoms with Gasteiger partial charge in [0, 0.05) is 11.8 Å². The van der Waals surface area contributed by atoms with Gasteiger partial charge in [0.05, 0.1) is 18.6 Å². The Morgan fingerprint density at radius 3 is 2.19 bits per heavy atom. The van der Waals surface area contributed by atoms with Gasteiger partial charge in [-0.25, -0.2) is 0 Å². The van der Waals surface area contributed by atoms with Gasteiger partial charge in [0.2, 0.25) is 0 Å². The van der Waals surface area contributed by atoms with Crippen molar-refractivity contribution in [1.29, 1.82) is 0 Å². The van der Waals surface area contributed by atoms with Crippen molar-refractivity contribution >= 4 is 11.8 Å². The van der Waals surface area contributed by atoms with E-state index in [1.807, 2.05) is 0 Å². The minimum absolute atomic E-state index is 0.0172. The van der Waals surface area contributed by atoms with E-state index in [0.717, 1.165) is 32.1 Å². The van der Waals surface area contributed by atoms with Crippen molar-refractivity contribution in [2.75, 3.05) is 6.61 Å². The van der Waals surface area contributed by atoms with Crippen molar-refractivity contribution in [3.8, 4) is 0 Å². The van der Waals surface area contributed by atoms with E-state index in [9.17, 15) is 14.7 Å². The zero-order valence-corrected chi connectivity index (χ0v) is 29.2. The number of hydrogen-bond donors (Lipinski definition) is 1. The highest BCUT2D eigenvalue weighted by Crippen LogP contribution is 2.77. The summed E-state index contributed by atoms with van der Waals surface area (Å²) in [5, 5.41) is 11.0. The van der Waals surface area contributed by atoms with Gasteiger partial charge in [-0.1, -0.05) is 60.6 Å². The first-order valence-electron chi connectivity index (χ1n) is 17.9. The number of esters is 1. The van der Waals surface area contributed by atoms with E-state index in [-0.39, 0.29) is 57.3 Å². The van der Waals surface area contributed by atoms with Crippen molar-refractivity contribution in [3.63, 3.8) is 0 Å². The lowest BCUT2D eigenvalue weighted by molar-refractivity contribution is -0.250. The number of fused-ring (bicyclic) bond motifs is 7. The predicted octanol–water partition coefficient (Wildman–Crippen LogP) is 9.19. The van der Waals surface area contributed by atoms with E-state index in [1.165, 1.54) is 37.7 Å². The van der Waals surface area contributed by atoms with Gasteiger partial charge in [0.15, 0.2) is 0 Å². The van der Waals surface area contributed by atoms with Crippen LogP contribution in [0.1, 0.15) is 139 Å². The van der Waals surface area contributed by atoms with Gasteiger partial charge in [-0.3, -0.25) is 4.79 Å². The quantitative estimate of drug-likeness (QED) is 0.224. The summed E-state index contributed by atoms with van der Waals surface area (Å²) in [5.41, 5.74) is 2.10. The summed E-state index contributed by atoms with van der Waals surface area (Å²) < 4.78 is 6.30. The molecule has 0 aliphatic heterocycles. The Labute approximate surface area is 263 Å². The van der Waals surface area contributed by atoms with E-state index in [4.69, 9.17) is 4.74 Å². The standard InChI is InChI=1S/C39H64O4/c1-24(2)21-27(22-26(5)40)34(42)43-23-39-18-13-28(25(3)4)33(39)29-11-12-31-36(8)16-15-32(41)35(6,7)30(36)14-17-38(31,10)37(29,9)19-20-39/h24,27-33,41H,3,11-23H2,1-2,4-10H3/t27?,28-,29?,30-,31+,32-,33+,36-,37+,38+,39+/m0/s1. The molecule has 11 atom stereocenters. The topological polar surface area (TPSA) is 63.6 Å². The third-order valence-electron chi connectivity index (χ3n) is 15.3. The summed E-state index contributed by atoms with van der Waals surface area (Å²) in [4.78, 5) is 25.5. The van der Waals surface area contributed by atoms with E-state index >= 15 is 0 Å². The van der Waals surface area contributed by atoms with Crippen molar-refractivity contribution < 1.29 is 19.4 Å². The minimum Gasteiger partial charge on any atom is -0.465 e. The van der Waals surface area contributed by atoms with Gasteiger partial charge in [0.25, 0.3) is 0 Å². The second-order valence-electron chi connectivity index (χ2n) is 18.3. The summed E-state index contributed by atoms with van der Waals surface area (Å²) in [6.07, 6.45) is 12.5. The van der Waals surface area contributed by atoms with Crippen LogP contribution in [0.15, 0.2) is 12.2 Å². The van der Waals surface area contributed by atoms with Gasteiger partial charge in [-0.2, -0.15) is 0 Å². The Bertz CT molecular complexity index is 1110. The van der Waals surface area contributed by atoms with Crippen LogP contribution in [0.5, 0.6) is 0 Å². The lowest BCUT2D eigenvalue weighted by atomic mass is 9.32. The summed E-state index contributed by atoms with van der Waals surface area (Å²) in [7, 11) is 0. The highest BCUT2D eigenvalue weighted by atomic mass is 16.5. The number of allylic oxidation sites excluding steroid dienone is 1. The average Bonchev–Trinajstić information content (AvgIpc) is 3.29. The highest BCUT2D eigenvalue weighted by Gasteiger charge is 2.71. The van der Waals surface area contributed by atoms with Crippen LogP contribution in [-0.4, -0.2) is 29.6 Å². The van der Waals surface area contributed by atoms with Crippen LogP contribution in [0.2, 0.25) is 0 Å². The van der Waals surface area contributed by atoms with Crippen LogP contribution < -0.4 is 0 Å². The average molecular weight is 597 g/mol. The van der Waals surface area contributed by atoms with Crippen LogP contribution in [0, 0.1) is 68.5 Å². The first-order chi connectivity index (χ1) is 19.9. The number of aliphatic hydroxyl groups is 1. The summed E-state index contributed by atoms with van der Waals surface area (Å²) >= 11 is 0. The van der Waals surface area contributed by atoms with Gasteiger partial charge >= 0.3 is 5.97 Å². The monoisotopic (exact) mass is 596 g/mol. The van der Waals surface area contributed by atoms with Gasteiger partial charge in [-0.15, -0.1) is 0 Å². The molecule has 2 unspecified atom stereocenters. The fourth-order valence-corrected chi connectivity index (χ4v) is 13.0. The largest absolute Gasteiger partial charge is 0.465 e. The Kier molecular flexibility index (Phi) is 8.70. The molecular formula is C39H64O4. The molecule has 0 amide bonds. The Hall–Kier alpha value is -1.16. The first-order valence-corrected chi connectivity index (χ1v) is 17.9. The maximum Gasteiger partial charge on any atom is 0.309 e. The molecule has 0 saturated heterocycles. The zero-order valence-electron chi connectivity index (χ0n) is 29.2. The molecule has 0 spiro atoms. The molecule has 43 heavy (non-hydrogen) atoms. The molecule has 4 heteroatoms. The Balaban J connectivity index is 1.44. The molecule has 0 aromatic carbocycles. The normalized spacial score (nSPS) is 45.7. The van der Waals surface area contributed by atoms with E-state index in [2.05, 4.69) is 62.0 Å². The lowest BCUT2D eigenvalue weighted by Gasteiger charge is -2.73. The van der Waals surface area contributed by atoms with Gasteiger partial charge in [0.1, 0.15) is 5.78 Å². The molecular weight excluding hydrogens is 532 g/mol.